The van der Waals surface area contributed by atoms with Crippen LogP contribution in [0.5, 0.6) is 0 Å². The van der Waals surface area contributed by atoms with Crippen molar-refractivity contribution in [3.63, 3.8) is 0 Å². The summed E-state index contributed by atoms with van der Waals surface area (Å²) in [5.74, 6) is 2.02. The van der Waals surface area contributed by atoms with Gasteiger partial charge in [-0.2, -0.15) is 0 Å². The van der Waals surface area contributed by atoms with Crippen molar-refractivity contribution in [3.05, 3.63) is 0 Å². The number of carbonyl (C=O) groups excluding carboxylic acids is 1. The highest BCUT2D eigenvalue weighted by molar-refractivity contribution is 5.75. The van der Waals surface area contributed by atoms with Crippen molar-refractivity contribution in [1.29, 1.82) is 0 Å². The molecule has 0 fully saturated rings. The zero-order valence-corrected chi connectivity index (χ0v) is 12.7. The predicted octanol–water partition coefficient (Wildman–Crippen LogP) is 2.94. The highest BCUT2D eigenvalue weighted by atomic mass is 16.1. The Balaban J connectivity index is 3.68. The summed E-state index contributed by atoms with van der Waals surface area (Å²) in [5, 5.41) is 3.07. The van der Waals surface area contributed by atoms with Crippen LogP contribution in [0.25, 0.3) is 0 Å². The van der Waals surface area contributed by atoms with E-state index in [0.717, 1.165) is 38.8 Å². The number of nitrogens with one attached hydrogen (secondary N) is 1. The van der Waals surface area contributed by atoms with Gasteiger partial charge in [0.1, 0.15) is 0 Å². The Morgan fingerprint density at radius 3 is 2.06 bits per heavy atom. The molecule has 0 radical (unpaired) electrons. The van der Waals surface area contributed by atoms with Gasteiger partial charge < -0.3 is 11.1 Å². The minimum absolute atomic E-state index is 0.203. The van der Waals surface area contributed by atoms with Crippen molar-refractivity contribution in [2.45, 2.75) is 59.8 Å². The molecule has 18 heavy (non-hydrogen) atoms. The molecule has 0 heterocycles. The monoisotopic (exact) mass is 256 g/mol. The fraction of sp³-hybridized carbons (Fsp3) is 0.933. The maximum atomic E-state index is 11.7. The summed E-state index contributed by atoms with van der Waals surface area (Å²) in [5.41, 5.74) is 5.43. The second-order valence-corrected chi connectivity index (χ2v) is 5.91. The van der Waals surface area contributed by atoms with Crippen LogP contribution in [0.4, 0.5) is 0 Å². The van der Waals surface area contributed by atoms with Gasteiger partial charge in [-0.25, -0.2) is 0 Å². The molecule has 0 aromatic heterocycles. The Morgan fingerprint density at radius 2 is 1.56 bits per heavy atom. The summed E-state index contributed by atoms with van der Waals surface area (Å²) in [6.07, 6.45) is 4.98. The normalized spacial score (nSPS) is 11.6. The molecule has 0 aromatic rings. The molecule has 108 valence electrons. The number of hydrogen-bond donors (Lipinski definition) is 2. The van der Waals surface area contributed by atoms with Crippen LogP contribution in [0.15, 0.2) is 0 Å². The molecule has 1 amide bonds. The van der Waals surface area contributed by atoms with E-state index in [0.29, 0.717) is 24.2 Å². The molecule has 0 aliphatic heterocycles. The van der Waals surface area contributed by atoms with Gasteiger partial charge >= 0.3 is 0 Å². The predicted molar refractivity (Wildman–Crippen MR) is 78.3 cm³/mol. The van der Waals surface area contributed by atoms with E-state index in [-0.39, 0.29) is 5.91 Å². The van der Waals surface area contributed by atoms with Crippen LogP contribution in [0.2, 0.25) is 0 Å². The molecule has 3 nitrogen and oxygen atoms in total. The fourth-order valence-electron chi connectivity index (χ4n) is 2.34. The molecule has 0 spiro atoms. The van der Waals surface area contributed by atoms with E-state index in [1.165, 1.54) is 0 Å². The van der Waals surface area contributed by atoms with Crippen LogP contribution < -0.4 is 11.1 Å². The summed E-state index contributed by atoms with van der Waals surface area (Å²) in [6.45, 7) is 10.5. The van der Waals surface area contributed by atoms with Crippen molar-refractivity contribution < 1.29 is 4.79 Å². The van der Waals surface area contributed by atoms with E-state index >= 15 is 0 Å². The molecule has 0 aromatic carbocycles. The van der Waals surface area contributed by atoms with Gasteiger partial charge in [0, 0.05) is 13.0 Å². The molecule has 0 saturated carbocycles. The molecule has 3 heteroatoms. The first-order chi connectivity index (χ1) is 8.49. The lowest BCUT2D eigenvalue weighted by Crippen LogP contribution is -2.33. The minimum atomic E-state index is 0.203. The van der Waals surface area contributed by atoms with Crippen LogP contribution in [0.1, 0.15) is 59.8 Å². The summed E-state index contributed by atoms with van der Waals surface area (Å²) in [4.78, 5) is 11.7. The van der Waals surface area contributed by atoms with Crippen molar-refractivity contribution >= 4 is 5.91 Å². The average molecular weight is 256 g/mol. The van der Waals surface area contributed by atoms with E-state index in [1.54, 1.807) is 0 Å². The summed E-state index contributed by atoms with van der Waals surface area (Å²) < 4.78 is 0. The fourth-order valence-corrected chi connectivity index (χ4v) is 2.34. The number of hydrogen-bond acceptors (Lipinski definition) is 2. The Hall–Kier alpha value is -0.570. The molecular weight excluding hydrogens is 224 g/mol. The van der Waals surface area contributed by atoms with Gasteiger partial charge in [0.05, 0.1) is 0 Å². The largest absolute Gasteiger partial charge is 0.356 e. The second-order valence-electron chi connectivity index (χ2n) is 5.91. The van der Waals surface area contributed by atoms with Gasteiger partial charge in [0.25, 0.3) is 0 Å². The SMILES string of the molecule is CC(C)C(CNC(=O)CCCCCCN)C(C)C. The van der Waals surface area contributed by atoms with Crippen molar-refractivity contribution in [3.8, 4) is 0 Å². The zero-order valence-electron chi connectivity index (χ0n) is 12.7. The quantitative estimate of drug-likeness (QED) is 0.590. The maximum absolute atomic E-state index is 11.7. The Labute approximate surface area is 113 Å². The highest BCUT2D eigenvalue weighted by Gasteiger charge is 2.17. The smallest absolute Gasteiger partial charge is 0.220 e. The van der Waals surface area contributed by atoms with E-state index in [2.05, 4.69) is 33.0 Å². The number of rotatable bonds is 10. The van der Waals surface area contributed by atoms with Gasteiger partial charge in [-0.1, -0.05) is 40.5 Å². The lowest BCUT2D eigenvalue weighted by Gasteiger charge is -2.25. The highest BCUT2D eigenvalue weighted by Crippen LogP contribution is 2.19. The van der Waals surface area contributed by atoms with Gasteiger partial charge in [0.2, 0.25) is 5.91 Å². The molecule has 0 aliphatic carbocycles. The molecule has 0 aliphatic rings. The molecule has 0 atom stereocenters. The van der Waals surface area contributed by atoms with Crippen LogP contribution in [-0.4, -0.2) is 19.0 Å². The summed E-state index contributed by atoms with van der Waals surface area (Å²) in [7, 11) is 0. The lowest BCUT2D eigenvalue weighted by atomic mass is 9.85. The van der Waals surface area contributed by atoms with Gasteiger partial charge in [-0.05, 0) is 37.1 Å². The van der Waals surface area contributed by atoms with Crippen LogP contribution in [0.3, 0.4) is 0 Å². The Morgan fingerprint density at radius 1 is 1.00 bits per heavy atom. The first-order valence-electron chi connectivity index (χ1n) is 7.45. The van der Waals surface area contributed by atoms with E-state index in [9.17, 15) is 4.79 Å². The first-order valence-corrected chi connectivity index (χ1v) is 7.45. The number of nitrogens with two attached hydrogens (primary N) is 1. The molecule has 0 rings (SSSR count). The molecule has 3 N–H and O–H groups in total. The minimum Gasteiger partial charge on any atom is -0.356 e. The van der Waals surface area contributed by atoms with E-state index in [4.69, 9.17) is 5.73 Å². The third-order valence-electron chi connectivity index (χ3n) is 3.61. The van der Waals surface area contributed by atoms with Gasteiger partial charge in [-0.3, -0.25) is 4.79 Å². The third-order valence-corrected chi connectivity index (χ3v) is 3.61. The Bertz CT molecular complexity index is 207. The average Bonchev–Trinajstić information content (AvgIpc) is 2.28. The summed E-state index contributed by atoms with van der Waals surface area (Å²) in [6, 6.07) is 0. The first kappa shape index (κ1) is 17.4. The standard InChI is InChI=1S/C15H32N2O/c1-12(2)14(13(3)4)11-17-15(18)9-7-5-6-8-10-16/h12-14H,5-11,16H2,1-4H3,(H,17,18). The lowest BCUT2D eigenvalue weighted by molar-refractivity contribution is -0.121. The summed E-state index contributed by atoms with van der Waals surface area (Å²) >= 11 is 0. The van der Waals surface area contributed by atoms with Crippen molar-refractivity contribution in [1.82, 2.24) is 5.32 Å². The Kier molecular flexibility index (Phi) is 10.0. The van der Waals surface area contributed by atoms with Crippen LogP contribution in [0, 0.1) is 17.8 Å². The van der Waals surface area contributed by atoms with Crippen LogP contribution >= 0.6 is 0 Å². The topological polar surface area (TPSA) is 55.1 Å². The second kappa shape index (κ2) is 10.4. The van der Waals surface area contributed by atoms with Crippen LogP contribution in [-0.2, 0) is 4.79 Å². The van der Waals surface area contributed by atoms with Gasteiger partial charge in [-0.15, -0.1) is 0 Å². The van der Waals surface area contributed by atoms with Crippen molar-refractivity contribution in [2.24, 2.45) is 23.5 Å². The number of amides is 1. The van der Waals surface area contributed by atoms with E-state index in [1.807, 2.05) is 0 Å². The molecule has 0 saturated heterocycles. The molecule has 0 unspecified atom stereocenters. The zero-order chi connectivity index (χ0) is 14.0. The maximum Gasteiger partial charge on any atom is 0.220 e. The number of carbonyl (C=O) groups is 1. The molecule has 0 bridgehead atoms. The van der Waals surface area contributed by atoms with Crippen molar-refractivity contribution in [2.75, 3.05) is 13.1 Å². The molecular formula is C15H32N2O. The van der Waals surface area contributed by atoms with E-state index < -0.39 is 0 Å². The van der Waals surface area contributed by atoms with Gasteiger partial charge in [0.15, 0.2) is 0 Å². The third kappa shape index (κ3) is 8.51. The number of unbranched alkanes of at least 4 members (excludes halogenated alkanes) is 3.